The van der Waals surface area contributed by atoms with Gasteiger partial charge in [0.2, 0.25) is 0 Å². The lowest BCUT2D eigenvalue weighted by atomic mass is 10.1. The van der Waals surface area contributed by atoms with Gasteiger partial charge in [-0.3, -0.25) is 4.68 Å². The van der Waals surface area contributed by atoms with Crippen molar-refractivity contribution >= 4 is 15.9 Å². The minimum Gasteiger partial charge on any atom is -0.453 e. The molecule has 102 valence electrons. The molecule has 1 aromatic heterocycles. The highest BCUT2D eigenvalue weighted by Crippen LogP contribution is 2.34. The van der Waals surface area contributed by atoms with E-state index in [1.54, 1.807) is 11.6 Å². The van der Waals surface area contributed by atoms with Crippen molar-refractivity contribution in [3.8, 4) is 11.5 Å². The van der Waals surface area contributed by atoms with Gasteiger partial charge in [-0.05, 0) is 32.9 Å². The Morgan fingerprint density at radius 1 is 1.37 bits per heavy atom. The normalized spacial score (nSPS) is 12.5. The Balaban J connectivity index is 2.45. The van der Waals surface area contributed by atoms with Gasteiger partial charge in [0.15, 0.2) is 5.75 Å². The minimum absolute atomic E-state index is 0.583. The predicted molar refractivity (Wildman–Crippen MR) is 77.5 cm³/mol. The fraction of sp³-hybridized carbons (Fsp3) is 0.357. The average Bonchev–Trinajstić information content (AvgIpc) is 2.56. The molecule has 1 atom stereocenters. The fourth-order valence-corrected chi connectivity index (χ4v) is 2.29. The van der Waals surface area contributed by atoms with Crippen molar-refractivity contribution in [1.29, 1.82) is 0 Å². The van der Waals surface area contributed by atoms with Crippen LogP contribution in [0, 0.1) is 13.8 Å². The van der Waals surface area contributed by atoms with E-state index in [1.807, 2.05) is 39.1 Å². The molecule has 2 aromatic rings. The maximum absolute atomic E-state index is 9.80. The largest absolute Gasteiger partial charge is 0.453 e. The van der Waals surface area contributed by atoms with E-state index in [-0.39, 0.29) is 0 Å². The molecular formula is C14H17BrN2O2. The van der Waals surface area contributed by atoms with Gasteiger partial charge in [-0.1, -0.05) is 22.0 Å². The first kappa shape index (κ1) is 14.1. The van der Waals surface area contributed by atoms with E-state index in [9.17, 15) is 5.11 Å². The number of halogens is 1. The zero-order valence-corrected chi connectivity index (χ0v) is 13.0. The molecule has 0 saturated carbocycles. The van der Waals surface area contributed by atoms with Crippen molar-refractivity contribution in [3.05, 3.63) is 39.6 Å². The van der Waals surface area contributed by atoms with Gasteiger partial charge in [0.05, 0.1) is 11.8 Å². The lowest BCUT2D eigenvalue weighted by Crippen LogP contribution is -1.97. The smallest absolute Gasteiger partial charge is 0.171 e. The van der Waals surface area contributed by atoms with Gasteiger partial charge in [-0.15, -0.1) is 0 Å². The highest BCUT2D eigenvalue weighted by molar-refractivity contribution is 9.10. The van der Waals surface area contributed by atoms with Crippen LogP contribution in [0.15, 0.2) is 22.7 Å². The first-order valence-electron chi connectivity index (χ1n) is 6.05. The summed E-state index contributed by atoms with van der Waals surface area (Å²) in [5.74, 6) is 1.38. The average molecular weight is 325 g/mol. The lowest BCUT2D eigenvalue weighted by molar-refractivity contribution is 0.195. The van der Waals surface area contributed by atoms with Crippen LogP contribution in [0.1, 0.15) is 30.0 Å². The topological polar surface area (TPSA) is 47.3 Å². The van der Waals surface area contributed by atoms with Crippen LogP contribution in [-0.2, 0) is 7.05 Å². The van der Waals surface area contributed by atoms with Crippen molar-refractivity contribution in [3.63, 3.8) is 0 Å². The zero-order chi connectivity index (χ0) is 14.2. The molecule has 1 unspecified atom stereocenters. The summed E-state index contributed by atoms with van der Waals surface area (Å²) in [6.45, 7) is 5.58. The van der Waals surface area contributed by atoms with Crippen LogP contribution < -0.4 is 4.74 Å². The summed E-state index contributed by atoms with van der Waals surface area (Å²) in [5, 5.41) is 14.1. The van der Waals surface area contributed by atoms with E-state index in [4.69, 9.17) is 4.74 Å². The van der Waals surface area contributed by atoms with Gasteiger partial charge >= 0.3 is 0 Å². The SMILES string of the molecule is Cc1nn(C)c(C)c1Oc1cc(Br)ccc1C(C)O. The van der Waals surface area contributed by atoms with E-state index in [2.05, 4.69) is 21.0 Å². The van der Waals surface area contributed by atoms with Crippen LogP contribution in [0.5, 0.6) is 11.5 Å². The summed E-state index contributed by atoms with van der Waals surface area (Å²) >= 11 is 3.42. The van der Waals surface area contributed by atoms with Crippen LogP contribution in [0.2, 0.25) is 0 Å². The highest BCUT2D eigenvalue weighted by atomic mass is 79.9. The summed E-state index contributed by atoms with van der Waals surface area (Å²) in [5.41, 5.74) is 2.54. The maximum atomic E-state index is 9.80. The van der Waals surface area contributed by atoms with Crippen LogP contribution in [0.25, 0.3) is 0 Å². The van der Waals surface area contributed by atoms with Crippen LogP contribution in [-0.4, -0.2) is 14.9 Å². The number of aliphatic hydroxyl groups excluding tert-OH is 1. The van der Waals surface area contributed by atoms with E-state index < -0.39 is 6.10 Å². The third-order valence-electron chi connectivity index (χ3n) is 3.08. The standard InChI is InChI=1S/C14H17BrN2O2/c1-8-14(9(2)17(4)16-8)19-13-7-11(15)5-6-12(13)10(3)18/h5-7,10,18H,1-4H3. The molecule has 0 amide bonds. The summed E-state index contributed by atoms with van der Waals surface area (Å²) in [6, 6.07) is 5.59. The molecule has 0 aliphatic heterocycles. The second-order valence-electron chi connectivity index (χ2n) is 4.58. The Morgan fingerprint density at radius 3 is 2.58 bits per heavy atom. The number of ether oxygens (including phenoxy) is 1. The fourth-order valence-electron chi connectivity index (χ4n) is 1.95. The van der Waals surface area contributed by atoms with Gasteiger partial charge < -0.3 is 9.84 Å². The summed E-state index contributed by atoms with van der Waals surface area (Å²) in [7, 11) is 1.88. The molecule has 4 nitrogen and oxygen atoms in total. The Morgan fingerprint density at radius 2 is 2.05 bits per heavy atom. The first-order valence-corrected chi connectivity index (χ1v) is 6.85. The van der Waals surface area contributed by atoms with Crippen LogP contribution >= 0.6 is 15.9 Å². The molecule has 5 heteroatoms. The van der Waals surface area contributed by atoms with Crippen molar-refractivity contribution in [1.82, 2.24) is 9.78 Å². The van der Waals surface area contributed by atoms with Gasteiger partial charge in [-0.25, -0.2) is 0 Å². The molecule has 0 saturated heterocycles. The van der Waals surface area contributed by atoms with Crippen molar-refractivity contribution < 1.29 is 9.84 Å². The van der Waals surface area contributed by atoms with E-state index in [1.165, 1.54) is 0 Å². The van der Waals surface area contributed by atoms with Gasteiger partial charge in [0.1, 0.15) is 11.4 Å². The molecule has 0 aliphatic carbocycles. The quantitative estimate of drug-likeness (QED) is 0.937. The van der Waals surface area contributed by atoms with E-state index >= 15 is 0 Å². The van der Waals surface area contributed by atoms with Gasteiger partial charge in [-0.2, -0.15) is 5.10 Å². The molecule has 19 heavy (non-hydrogen) atoms. The molecule has 1 N–H and O–H groups in total. The number of benzene rings is 1. The summed E-state index contributed by atoms with van der Waals surface area (Å²) in [4.78, 5) is 0. The molecule has 2 rings (SSSR count). The first-order chi connectivity index (χ1) is 8.90. The van der Waals surface area contributed by atoms with Crippen molar-refractivity contribution in [2.45, 2.75) is 26.9 Å². The Bertz CT molecular complexity index is 606. The van der Waals surface area contributed by atoms with Gasteiger partial charge in [0.25, 0.3) is 0 Å². The van der Waals surface area contributed by atoms with Crippen molar-refractivity contribution in [2.75, 3.05) is 0 Å². The summed E-state index contributed by atoms with van der Waals surface area (Å²) in [6.07, 6.45) is -0.583. The lowest BCUT2D eigenvalue weighted by Gasteiger charge is -2.13. The van der Waals surface area contributed by atoms with Crippen LogP contribution in [0.3, 0.4) is 0 Å². The number of nitrogens with zero attached hydrogens (tertiary/aromatic N) is 2. The number of rotatable bonds is 3. The van der Waals surface area contributed by atoms with E-state index in [0.29, 0.717) is 5.75 Å². The number of hydrogen-bond acceptors (Lipinski definition) is 3. The van der Waals surface area contributed by atoms with Crippen LogP contribution in [0.4, 0.5) is 0 Å². The highest BCUT2D eigenvalue weighted by Gasteiger charge is 2.16. The number of aromatic nitrogens is 2. The third kappa shape index (κ3) is 2.82. The molecule has 0 fully saturated rings. The molecular weight excluding hydrogens is 308 g/mol. The second-order valence-corrected chi connectivity index (χ2v) is 5.50. The minimum atomic E-state index is -0.583. The molecule has 1 aromatic carbocycles. The second kappa shape index (κ2) is 5.35. The molecule has 1 heterocycles. The Labute approximate surface area is 121 Å². The zero-order valence-electron chi connectivity index (χ0n) is 11.4. The molecule has 0 aliphatic rings. The number of hydrogen-bond donors (Lipinski definition) is 1. The number of aliphatic hydroxyl groups is 1. The van der Waals surface area contributed by atoms with E-state index in [0.717, 1.165) is 27.2 Å². The molecule has 0 spiro atoms. The monoisotopic (exact) mass is 324 g/mol. The third-order valence-corrected chi connectivity index (χ3v) is 3.57. The predicted octanol–water partition coefficient (Wildman–Crippen LogP) is 3.65. The Hall–Kier alpha value is -1.33. The summed E-state index contributed by atoms with van der Waals surface area (Å²) < 4.78 is 8.65. The molecule has 0 bridgehead atoms. The van der Waals surface area contributed by atoms with Gasteiger partial charge in [0, 0.05) is 17.1 Å². The Kier molecular flexibility index (Phi) is 3.96. The number of aryl methyl sites for hydroxylation is 2. The van der Waals surface area contributed by atoms with Crippen molar-refractivity contribution in [2.24, 2.45) is 7.05 Å². The maximum Gasteiger partial charge on any atom is 0.171 e. The molecule has 0 radical (unpaired) electrons.